The third-order valence-corrected chi connectivity index (χ3v) is 9.27. The molecule has 2 aliphatic carbocycles. The standard InChI is InChI=1S/C27H25O4P/c1-27(17-24(29-2)19-11-5-4-6-12-20(19)25(18-27)30-3)32(28)26-16-10-8-14-22(26)21-13-7-9-15-23(21)31-32/h4-11,13-18H,12H2,1-3H3. The lowest BCUT2D eigenvalue weighted by Gasteiger charge is -2.37. The highest BCUT2D eigenvalue weighted by atomic mass is 31.2. The fraction of sp³-hybridized carbons (Fsp3) is 0.185. The second kappa shape index (κ2) is 7.72. The molecular formula is C27H25O4P. The van der Waals surface area contributed by atoms with Crippen LogP contribution in [0, 0.1) is 0 Å². The monoisotopic (exact) mass is 444 g/mol. The molecule has 32 heavy (non-hydrogen) atoms. The lowest BCUT2D eigenvalue weighted by atomic mass is 10.0. The number of ether oxygens (including phenoxy) is 2. The highest BCUT2D eigenvalue weighted by Crippen LogP contribution is 2.65. The fourth-order valence-corrected chi connectivity index (χ4v) is 7.24. The van der Waals surface area contributed by atoms with Crippen molar-refractivity contribution in [1.82, 2.24) is 0 Å². The summed E-state index contributed by atoms with van der Waals surface area (Å²) in [7, 11) is -0.211. The van der Waals surface area contributed by atoms with Crippen molar-refractivity contribution in [1.29, 1.82) is 0 Å². The molecule has 1 aliphatic heterocycles. The zero-order chi connectivity index (χ0) is 22.3. The van der Waals surface area contributed by atoms with Crippen LogP contribution in [-0.4, -0.2) is 19.4 Å². The van der Waals surface area contributed by atoms with Crippen LogP contribution in [0.1, 0.15) is 13.3 Å². The van der Waals surface area contributed by atoms with Crippen molar-refractivity contribution < 1.29 is 18.6 Å². The van der Waals surface area contributed by atoms with E-state index in [4.69, 9.17) is 14.0 Å². The number of para-hydroxylation sites is 1. The minimum atomic E-state index is -3.50. The summed E-state index contributed by atoms with van der Waals surface area (Å²) in [5.74, 6) is 1.95. The van der Waals surface area contributed by atoms with Crippen LogP contribution in [0.5, 0.6) is 5.75 Å². The molecule has 0 radical (unpaired) electrons. The molecule has 5 rings (SSSR count). The van der Waals surface area contributed by atoms with Gasteiger partial charge in [0.05, 0.1) is 19.5 Å². The van der Waals surface area contributed by atoms with E-state index in [-0.39, 0.29) is 0 Å². The molecule has 2 atom stereocenters. The van der Waals surface area contributed by atoms with E-state index in [0.29, 0.717) is 29.0 Å². The van der Waals surface area contributed by atoms with Crippen molar-refractivity contribution in [2.45, 2.75) is 18.5 Å². The molecule has 5 heteroatoms. The molecular weight excluding hydrogens is 419 g/mol. The maximum Gasteiger partial charge on any atom is 0.291 e. The van der Waals surface area contributed by atoms with Gasteiger partial charge in [-0.3, -0.25) is 4.57 Å². The number of hydrogen-bond acceptors (Lipinski definition) is 4. The first-order valence-corrected chi connectivity index (χ1v) is 12.2. The fourth-order valence-electron chi connectivity index (χ4n) is 4.62. The molecule has 2 aromatic carbocycles. The summed E-state index contributed by atoms with van der Waals surface area (Å²) in [5, 5.41) is -0.302. The number of rotatable bonds is 3. The average molecular weight is 444 g/mol. The predicted octanol–water partition coefficient (Wildman–Crippen LogP) is 6.30. The molecule has 0 spiro atoms. The smallest absolute Gasteiger partial charge is 0.291 e. The first-order chi connectivity index (χ1) is 15.5. The van der Waals surface area contributed by atoms with Gasteiger partial charge in [-0.25, -0.2) is 0 Å². The first kappa shape index (κ1) is 20.7. The molecule has 0 saturated heterocycles. The van der Waals surface area contributed by atoms with Gasteiger partial charge in [0.15, 0.2) is 0 Å². The Labute approximate surface area is 188 Å². The van der Waals surface area contributed by atoms with E-state index in [0.717, 1.165) is 22.3 Å². The molecule has 2 aromatic rings. The molecule has 0 saturated carbocycles. The van der Waals surface area contributed by atoms with Crippen molar-refractivity contribution in [3.8, 4) is 16.9 Å². The number of benzene rings is 2. The SMILES string of the molecule is COC1=CC(C)(P2(=O)Oc3ccccc3-c3ccccc32)C=C(OC)C2=C1C=CC=CC2. The highest BCUT2D eigenvalue weighted by molar-refractivity contribution is 7.69. The summed E-state index contributed by atoms with van der Waals surface area (Å²) < 4.78 is 33.1. The highest BCUT2D eigenvalue weighted by Gasteiger charge is 2.51. The molecule has 1 heterocycles. The molecule has 0 bridgehead atoms. The van der Waals surface area contributed by atoms with Crippen LogP contribution in [0.3, 0.4) is 0 Å². The molecule has 0 fully saturated rings. The molecule has 3 aliphatic rings. The van der Waals surface area contributed by atoms with Gasteiger partial charge in [0.25, 0.3) is 7.37 Å². The van der Waals surface area contributed by atoms with Gasteiger partial charge in [-0.2, -0.15) is 0 Å². The van der Waals surface area contributed by atoms with Crippen LogP contribution in [0.15, 0.2) is 108 Å². The van der Waals surface area contributed by atoms with Gasteiger partial charge in [-0.05, 0) is 43.2 Å². The minimum absolute atomic E-state index is 0.622. The maximum absolute atomic E-state index is 15.0. The van der Waals surface area contributed by atoms with Gasteiger partial charge >= 0.3 is 0 Å². The minimum Gasteiger partial charge on any atom is -0.497 e. The Morgan fingerprint density at radius 3 is 2.38 bits per heavy atom. The summed E-state index contributed by atoms with van der Waals surface area (Å²) in [6.45, 7) is 1.93. The summed E-state index contributed by atoms with van der Waals surface area (Å²) in [6, 6.07) is 15.5. The summed E-state index contributed by atoms with van der Waals surface area (Å²) in [4.78, 5) is 0. The topological polar surface area (TPSA) is 44.8 Å². The van der Waals surface area contributed by atoms with E-state index >= 15 is 0 Å². The van der Waals surface area contributed by atoms with E-state index in [1.54, 1.807) is 14.2 Å². The van der Waals surface area contributed by atoms with E-state index in [1.165, 1.54) is 0 Å². The molecule has 162 valence electrons. The van der Waals surface area contributed by atoms with Crippen molar-refractivity contribution >= 4 is 12.7 Å². The third kappa shape index (κ3) is 3.02. The summed E-state index contributed by atoms with van der Waals surface area (Å²) in [5.41, 5.74) is 3.79. The lowest BCUT2D eigenvalue weighted by molar-refractivity contribution is 0.292. The van der Waals surface area contributed by atoms with Crippen LogP contribution in [-0.2, 0) is 14.0 Å². The van der Waals surface area contributed by atoms with Gasteiger partial charge < -0.3 is 14.0 Å². The van der Waals surface area contributed by atoms with Crippen LogP contribution in [0.2, 0.25) is 0 Å². The summed E-state index contributed by atoms with van der Waals surface area (Å²) >= 11 is 0. The predicted molar refractivity (Wildman–Crippen MR) is 128 cm³/mol. The average Bonchev–Trinajstić information content (AvgIpc) is 3.13. The molecule has 0 aromatic heterocycles. The summed E-state index contributed by atoms with van der Waals surface area (Å²) in [6.07, 6.45) is 12.6. The van der Waals surface area contributed by atoms with E-state index < -0.39 is 12.5 Å². The Morgan fingerprint density at radius 2 is 1.59 bits per heavy atom. The molecule has 0 amide bonds. The Bertz CT molecular complexity index is 1290. The van der Waals surface area contributed by atoms with Gasteiger partial charge in [0, 0.05) is 16.7 Å². The largest absolute Gasteiger partial charge is 0.497 e. The van der Waals surface area contributed by atoms with Crippen LogP contribution in [0.4, 0.5) is 0 Å². The van der Waals surface area contributed by atoms with Gasteiger partial charge in [-0.1, -0.05) is 60.7 Å². The van der Waals surface area contributed by atoms with Gasteiger partial charge in [0.1, 0.15) is 22.4 Å². The molecule has 2 unspecified atom stereocenters. The Hall–Kier alpha value is -3.23. The quantitative estimate of drug-likeness (QED) is 0.522. The van der Waals surface area contributed by atoms with Gasteiger partial charge in [0.2, 0.25) is 0 Å². The van der Waals surface area contributed by atoms with Crippen molar-refractivity contribution in [2.75, 3.05) is 14.2 Å². The van der Waals surface area contributed by atoms with E-state index in [1.807, 2.05) is 85.8 Å². The lowest BCUT2D eigenvalue weighted by Crippen LogP contribution is -2.33. The van der Waals surface area contributed by atoms with Crippen molar-refractivity contribution in [2.24, 2.45) is 0 Å². The van der Waals surface area contributed by atoms with Crippen LogP contribution in [0.25, 0.3) is 11.1 Å². The van der Waals surface area contributed by atoms with E-state index in [9.17, 15) is 4.57 Å². The Balaban J connectivity index is 1.77. The normalized spacial score (nSPS) is 25.8. The molecule has 0 N–H and O–H groups in total. The number of methoxy groups -OCH3 is 2. The van der Waals surface area contributed by atoms with Crippen LogP contribution < -0.4 is 9.83 Å². The number of fused-ring (bicyclic) bond motifs is 3. The van der Waals surface area contributed by atoms with Gasteiger partial charge in [-0.15, -0.1) is 0 Å². The van der Waals surface area contributed by atoms with Crippen molar-refractivity contribution in [3.05, 3.63) is 108 Å². The number of hydrogen-bond donors (Lipinski definition) is 0. The molecule has 4 nitrogen and oxygen atoms in total. The second-order valence-corrected chi connectivity index (χ2v) is 10.9. The zero-order valence-electron chi connectivity index (χ0n) is 18.4. The Kier molecular flexibility index (Phi) is 4.98. The van der Waals surface area contributed by atoms with E-state index in [2.05, 4.69) is 6.08 Å². The maximum atomic E-state index is 15.0. The Morgan fingerprint density at radius 1 is 0.906 bits per heavy atom. The third-order valence-electron chi connectivity index (χ3n) is 6.27. The first-order valence-electron chi connectivity index (χ1n) is 10.6. The van der Waals surface area contributed by atoms with Crippen molar-refractivity contribution in [3.63, 3.8) is 0 Å². The zero-order valence-corrected chi connectivity index (χ0v) is 19.3. The second-order valence-electron chi connectivity index (χ2n) is 8.19. The van der Waals surface area contributed by atoms with Crippen LogP contribution >= 0.6 is 7.37 Å². The number of allylic oxidation sites excluding steroid dienone is 7.